The largest absolute Gasteiger partial charge is 0.459 e. The SMILES string of the molecule is CCC(C)(NC(=O)c1occc1C)C(N)=S. The van der Waals surface area contributed by atoms with Gasteiger partial charge in [-0.1, -0.05) is 19.1 Å². The van der Waals surface area contributed by atoms with Gasteiger partial charge in [0, 0.05) is 5.56 Å². The fourth-order valence-corrected chi connectivity index (χ4v) is 1.43. The molecule has 0 bridgehead atoms. The maximum Gasteiger partial charge on any atom is 0.288 e. The van der Waals surface area contributed by atoms with E-state index in [2.05, 4.69) is 5.32 Å². The van der Waals surface area contributed by atoms with E-state index in [1.54, 1.807) is 13.0 Å². The summed E-state index contributed by atoms with van der Waals surface area (Å²) in [6, 6.07) is 1.74. The molecule has 0 saturated heterocycles. The molecule has 0 saturated carbocycles. The number of aryl methyl sites for hydroxylation is 1. The first kappa shape index (κ1) is 12.7. The van der Waals surface area contributed by atoms with Crippen molar-refractivity contribution in [1.29, 1.82) is 0 Å². The molecular weight excluding hydrogens is 224 g/mol. The first-order chi connectivity index (χ1) is 7.40. The minimum Gasteiger partial charge on any atom is -0.459 e. The van der Waals surface area contributed by atoms with Gasteiger partial charge in [0.1, 0.15) is 0 Å². The Labute approximate surface area is 100 Å². The lowest BCUT2D eigenvalue weighted by Gasteiger charge is -2.27. The van der Waals surface area contributed by atoms with Gasteiger partial charge in [-0.05, 0) is 26.3 Å². The van der Waals surface area contributed by atoms with E-state index in [0.29, 0.717) is 12.2 Å². The van der Waals surface area contributed by atoms with E-state index in [1.807, 2.05) is 13.8 Å². The molecule has 0 aliphatic rings. The fraction of sp³-hybridized carbons (Fsp3) is 0.455. The summed E-state index contributed by atoms with van der Waals surface area (Å²) in [5, 5.41) is 2.79. The van der Waals surface area contributed by atoms with Crippen molar-refractivity contribution in [2.45, 2.75) is 32.7 Å². The maximum atomic E-state index is 11.9. The number of nitrogens with one attached hydrogen (secondary N) is 1. The number of furan rings is 1. The third-order valence-electron chi connectivity index (χ3n) is 2.71. The number of hydrogen-bond donors (Lipinski definition) is 2. The molecule has 16 heavy (non-hydrogen) atoms. The predicted octanol–water partition coefficient (Wildman–Crippen LogP) is 1.77. The summed E-state index contributed by atoms with van der Waals surface area (Å²) < 4.78 is 5.10. The Kier molecular flexibility index (Phi) is 3.70. The molecule has 4 nitrogen and oxygen atoms in total. The van der Waals surface area contributed by atoms with Gasteiger partial charge in [0.2, 0.25) is 0 Å². The van der Waals surface area contributed by atoms with Crippen LogP contribution in [0.2, 0.25) is 0 Å². The monoisotopic (exact) mass is 240 g/mol. The van der Waals surface area contributed by atoms with E-state index in [4.69, 9.17) is 22.4 Å². The van der Waals surface area contributed by atoms with E-state index >= 15 is 0 Å². The van der Waals surface area contributed by atoms with Crippen LogP contribution >= 0.6 is 12.2 Å². The van der Waals surface area contributed by atoms with Crippen molar-refractivity contribution in [3.8, 4) is 0 Å². The average Bonchev–Trinajstić information content (AvgIpc) is 2.64. The third kappa shape index (κ3) is 2.41. The van der Waals surface area contributed by atoms with Gasteiger partial charge in [-0.2, -0.15) is 0 Å². The Morgan fingerprint density at radius 3 is 2.69 bits per heavy atom. The molecule has 0 aromatic carbocycles. The minimum atomic E-state index is -0.675. The highest BCUT2D eigenvalue weighted by atomic mass is 32.1. The number of hydrogen-bond acceptors (Lipinski definition) is 3. The highest BCUT2D eigenvalue weighted by Gasteiger charge is 2.29. The summed E-state index contributed by atoms with van der Waals surface area (Å²) in [6.45, 7) is 5.52. The highest BCUT2D eigenvalue weighted by molar-refractivity contribution is 7.80. The summed E-state index contributed by atoms with van der Waals surface area (Å²) >= 11 is 4.94. The maximum absolute atomic E-state index is 11.9. The smallest absolute Gasteiger partial charge is 0.288 e. The molecule has 1 unspecified atom stereocenters. The van der Waals surface area contributed by atoms with E-state index < -0.39 is 5.54 Å². The van der Waals surface area contributed by atoms with Crippen LogP contribution in [-0.2, 0) is 0 Å². The molecule has 1 rings (SSSR count). The van der Waals surface area contributed by atoms with Crippen LogP contribution in [0.4, 0.5) is 0 Å². The van der Waals surface area contributed by atoms with E-state index in [9.17, 15) is 4.79 Å². The molecule has 0 fully saturated rings. The van der Waals surface area contributed by atoms with Crippen molar-refractivity contribution in [2.24, 2.45) is 5.73 Å². The number of carbonyl (C=O) groups is 1. The highest BCUT2D eigenvalue weighted by Crippen LogP contribution is 2.14. The number of nitrogens with two attached hydrogens (primary N) is 1. The van der Waals surface area contributed by atoms with Crippen LogP contribution in [0.25, 0.3) is 0 Å². The molecule has 0 aliphatic heterocycles. The standard InChI is InChI=1S/C11H16N2O2S/c1-4-11(3,10(12)16)13-9(14)8-7(2)5-6-15-8/h5-6H,4H2,1-3H3,(H2,12,16)(H,13,14). The molecule has 88 valence electrons. The number of rotatable bonds is 4. The van der Waals surface area contributed by atoms with Crippen LogP contribution in [0.1, 0.15) is 36.4 Å². The van der Waals surface area contributed by atoms with Crippen LogP contribution in [0.5, 0.6) is 0 Å². The van der Waals surface area contributed by atoms with Gasteiger partial charge in [-0.3, -0.25) is 4.79 Å². The molecule has 0 aliphatic carbocycles. The lowest BCUT2D eigenvalue weighted by molar-refractivity contribution is 0.0897. The number of amides is 1. The van der Waals surface area contributed by atoms with Gasteiger partial charge in [0.05, 0.1) is 16.8 Å². The van der Waals surface area contributed by atoms with Crippen molar-refractivity contribution in [2.75, 3.05) is 0 Å². The quantitative estimate of drug-likeness (QED) is 0.787. The van der Waals surface area contributed by atoms with Crippen LogP contribution in [0, 0.1) is 6.92 Å². The molecule has 0 radical (unpaired) electrons. The van der Waals surface area contributed by atoms with Crippen molar-refractivity contribution < 1.29 is 9.21 Å². The zero-order chi connectivity index (χ0) is 12.3. The molecule has 1 aromatic rings. The number of carbonyl (C=O) groups excluding carboxylic acids is 1. The summed E-state index contributed by atoms with van der Waals surface area (Å²) in [7, 11) is 0. The second-order valence-corrected chi connectivity index (χ2v) is 4.38. The Hall–Kier alpha value is -1.36. The van der Waals surface area contributed by atoms with Crippen LogP contribution in [0.15, 0.2) is 16.7 Å². The second-order valence-electron chi connectivity index (χ2n) is 3.94. The Morgan fingerprint density at radius 2 is 2.31 bits per heavy atom. The molecule has 1 atom stereocenters. The van der Waals surface area contributed by atoms with Crippen molar-refractivity contribution in [1.82, 2.24) is 5.32 Å². The van der Waals surface area contributed by atoms with E-state index in [1.165, 1.54) is 6.26 Å². The zero-order valence-electron chi connectivity index (χ0n) is 9.66. The molecule has 1 aromatic heterocycles. The summed E-state index contributed by atoms with van der Waals surface area (Å²) in [6.07, 6.45) is 2.11. The number of thiocarbonyl (C=S) groups is 1. The van der Waals surface area contributed by atoms with Crippen molar-refractivity contribution in [3.63, 3.8) is 0 Å². The van der Waals surface area contributed by atoms with Crippen molar-refractivity contribution in [3.05, 3.63) is 23.7 Å². The van der Waals surface area contributed by atoms with Crippen molar-refractivity contribution >= 4 is 23.1 Å². The topological polar surface area (TPSA) is 68.3 Å². The molecule has 3 N–H and O–H groups in total. The summed E-state index contributed by atoms with van der Waals surface area (Å²) in [5.41, 5.74) is 5.72. The predicted molar refractivity (Wildman–Crippen MR) is 66.4 cm³/mol. The summed E-state index contributed by atoms with van der Waals surface area (Å²) in [5.74, 6) is 0.00979. The normalized spacial score (nSPS) is 14.2. The lowest BCUT2D eigenvalue weighted by Crippen LogP contribution is -2.54. The Morgan fingerprint density at radius 1 is 1.69 bits per heavy atom. The zero-order valence-corrected chi connectivity index (χ0v) is 10.5. The van der Waals surface area contributed by atoms with Gasteiger partial charge < -0.3 is 15.5 Å². The first-order valence-corrected chi connectivity index (χ1v) is 5.48. The molecular formula is C11H16N2O2S. The van der Waals surface area contributed by atoms with Crippen LogP contribution in [0.3, 0.4) is 0 Å². The van der Waals surface area contributed by atoms with Gasteiger partial charge in [-0.25, -0.2) is 0 Å². The Bertz CT molecular complexity index is 414. The minimum absolute atomic E-state index is 0.271. The molecule has 0 spiro atoms. The van der Waals surface area contributed by atoms with Gasteiger partial charge in [-0.15, -0.1) is 0 Å². The van der Waals surface area contributed by atoms with Crippen LogP contribution < -0.4 is 11.1 Å². The van der Waals surface area contributed by atoms with Gasteiger partial charge in [0.25, 0.3) is 5.91 Å². The average molecular weight is 240 g/mol. The summed E-state index contributed by atoms with van der Waals surface area (Å²) in [4.78, 5) is 12.2. The lowest BCUT2D eigenvalue weighted by atomic mass is 9.98. The molecule has 1 amide bonds. The first-order valence-electron chi connectivity index (χ1n) is 5.07. The fourth-order valence-electron chi connectivity index (χ4n) is 1.24. The molecule has 1 heterocycles. The molecule has 5 heteroatoms. The van der Waals surface area contributed by atoms with E-state index in [-0.39, 0.29) is 10.9 Å². The third-order valence-corrected chi connectivity index (χ3v) is 3.16. The Balaban J connectivity index is 2.86. The van der Waals surface area contributed by atoms with Gasteiger partial charge >= 0.3 is 0 Å². The van der Waals surface area contributed by atoms with Gasteiger partial charge in [0.15, 0.2) is 5.76 Å². The second kappa shape index (κ2) is 4.65. The van der Waals surface area contributed by atoms with E-state index in [0.717, 1.165) is 5.56 Å². The van der Waals surface area contributed by atoms with Crippen LogP contribution in [-0.4, -0.2) is 16.4 Å².